The summed E-state index contributed by atoms with van der Waals surface area (Å²) in [6, 6.07) is 53.3. The van der Waals surface area contributed by atoms with Gasteiger partial charge < -0.3 is 0 Å². The summed E-state index contributed by atoms with van der Waals surface area (Å²) in [6.45, 7) is 0. The van der Waals surface area contributed by atoms with Gasteiger partial charge in [-0.1, -0.05) is 133 Å². The smallest absolute Gasteiger partial charge is 0.00923 e. The summed E-state index contributed by atoms with van der Waals surface area (Å²) < 4.78 is 0. The van der Waals surface area contributed by atoms with Crippen LogP contribution >= 0.6 is 0 Å². The van der Waals surface area contributed by atoms with Crippen molar-refractivity contribution in [3.63, 3.8) is 0 Å². The van der Waals surface area contributed by atoms with Crippen molar-refractivity contribution in [2.24, 2.45) is 0 Å². The second kappa shape index (κ2) is 8.30. The Bertz CT molecular complexity index is 2010. The van der Waals surface area contributed by atoms with Gasteiger partial charge in [-0.15, -0.1) is 0 Å². The first kappa shape index (κ1) is 21.2. The van der Waals surface area contributed by atoms with Crippen LogP contribution in [0.1, 0.15) is 0 Å². The standard InChI is InChI=1S/C38H24/c1-3-15-27-25(11-1)13-9-21-29(27)35-23-37-34-20-8-6-18-32(34)36(24-38(37)33-19-7-5-17-31(33)35)30-22-10-14-26-12-2-4-16-28(26)30/h1-24H. The fourth-order valence-electron chi connectivity index (χ4n) is 6.32. The minimum atomic E-state index is 1.27. The molecule has 0 spiro atoms. The highest BCUT2D eigenvalue weighted by atomic mass is 14.2. The topological polar surface area (TPSA) is 0 Å². The van der Waals surface area contributed by atoms with E-state index in [1.807, 2.05) is 0 Å². The van der Waals surface area contributed by atoms with Gasteiger partial charge in [0.15, 0.2) is 0 Å². The van der Waals surface area contributed by atoms with Crippen LogP contribution in [0.15, 0.2) is 146 Å². The van der Waals surface area contributed by atoms with Crippen molar-refractivity contribution >= 4 is 53.9 Å². The normalized spacial score (nSPS) is 11.7. The molecule has 0 aliphatic rings. The first-order valence-corrected chi connectivity index (χ1v) is 13.2. The Balaban J connectivity index is 1.54. The monoisotopic (exact) mass is 480 g/mol. The second-order valence-corrected chi connectivity index (χ2v) is 10.1. The van der Waals surface area contributed by atoms with E-state index in [1.165, 1.54) is 76.1 Å². The Morgan fingerprint density at radius 3 is 1.00 bits per heavy atom. The minimum absolute atomic E-state index is 1.27. The van der Waals surface area contributed by atoms with Crippen molar-refractivity contribution in [2.45, 2.75) is 0 Å². The van der Waals surface area contributed by atoms with E-state index in [2.05, 4.69) is 146 Å². The van der Waals surface area contributed by atoms with Crippen molar-refractivity contribution in [3.05, 3.63) is 146 Å². The number of hydrogen-bond donors (Lipinski definition) is 0. The average molecular weight is 481 g/mol. The lowest BCUT2D eigenvalue weighted by molar-refractivity contribution is 1.69. The molecule has 0 atom stereocenters. The fraction of sp³-hybridized carbons (Fsp3) is 0. The molecule has 0 saturated carbocycles. The molecule has 0 amide bonds. The van der Waals surface area contributed by atoms with Gasteiger partial charge in [0.05, 0.1) is 0 Å². The van der Waals surface area contributed by atoms with Crippen LogP contribution in [0.5, 0.6) is 0 Å². The molecule has 0 saturated heterocycles. The highest BCUT2D eigenvalue weighted by Gasteiger charge is 2.16. The lowest BCUT2D eigenvalue weighted by Crippen LogP contribution is -1.90. The first-order chi connectivity index (χ1) is 18.9. The molecule has 0 aromatic heterocycles. The lowest BCUT2D eigenvalue weighted by Gasteiger charge is -2.17. The second-order valence-electron chi connectivity index (χ2n) is 10.1. The van der Waals surface area contributed by atoms with Crippen LogP contribution in [0.25, 0.3) is 76.1 Å². The van der Waals surface area contributed by atoms with E-state index in [-0.39, 0.29) is 0 Å². The third-order valence-electron chi connectivity index (χ3n) is 8.04. The van der Waals surface area contributed by atoms with E-state index in [4.69, 9.17) is 0 Å². The van der Waals surface area contributed by atoms with Crippen LogP contribution < -0.4 is 0 Å². The van der Waals surface area contributed by atoms with Crippen molar-refractivity contribution in [3.8, 4) is 22.3 Å². The van der Waals surface area contributed by atoms with E-state index >= 15 is 0 Å². The molecule has 0 aliphatic heterocycles. The maximum atomic E-state index is 2.43. The Labute approximate surface area is 221 Å². The predicted molar refractivity (Wildman–Crippen MR) is 165 cm³/mol. The summed E-state index contributed by atoms with van der Waals surface area (Å²) >= 11 is 0. The van der Waals surface area contributed by atoms with Gasteiger partial charge in [-0.2, -0.15) is 0 Å². The molecule has 0 heteroatoms. The van der Waals surface area contributed by atoms with Crippen LogP contribution in [0, 0.1) is 0 Å². The Morgan fingerprint density at radius 1 is 0.211 bits per heavy atom. The molecule has 8 aromatic carbocycles. The Hall–Kier alpha value is -4.94. The summed E-state index contributed by atoms with van der Waals surface area (Å²) in [5.41, 5.74) is 5.13. The third kappa shape index (κ3) is 3.11. The predicted octanol–water partition coefficient (Wildman–Crippen LogP) is 10.8. The molecule has 38 heavy (non-hydrogen) atoms. The van der Waals surface area contributed by atoms with E-state index in [0.717, 1.165) is 0 Å². The van der Waals surface area contributed by atoms with Gasteiger partial charge in [0.1, 0.15) is 0 Å². The summed E-state index contributed by atoms with van der Waals surface area (Å²) in [5.74, 6) is 0. The molecule has 176 valence electrons. The molecule has 0 N–H and O–H groups in total. The summed E-state index contributed by atoms with van der Waals surface area (Å²) in [4.78, 5) is 0. The van der Waals surface area contributed by atoms with Gasteiger partial charge >= 0.3 is 0 Å². The number of benzene rings is 8. The van der Waals surface area contributed by atoms with Crippen molar-refractivity contribution < 1.29 is 0 Å². The molecule has 8 rings (SSSR count). The van der Waals surface area contributed by atoms with Gasteiger partial charge in [-0.05, 0) is 88.2 Å². The van der Waals surface area contributed by atoms with E-state index in [1.54, 1.807) is 0 Å². The van der Waals surface area contributed by atoms with Crippen molar-refractivity contribution in [2.75, 3.05) is 0 Å². The molecule has 0 fully saturated rings. The molecular weight excluding hydrogens is 456 g/mol. The number of hydrogen-bond acceptors (Lipinski definition) is 0. The zero-order valence-electron chi connectivity index (χ0n) is 20.9. The maximum absolute atomic E-state index is 2.43. The first-order valence-electron chi connectivity index (χ1n) is 13.2. The Morgan fingerprint density at radius 2 is 0.553 bits per heavy atom. The van der Waals surface area contributed by atoms with Crippen molar-refractivity contribution in [1.29, 1.82) is 0 Å². The van der Waals surface area contributed by atoms with E-state index in [0.29, 0.717) is 0 Å². The summed E-state index contributed by atoms with van der Waals surface area (Å²) in [5, 5.41) is 12.9. The minimum Gasteiger partial charge on any atom is -0.0616 e. The van der Waals surface area contributed by atoms with Gasteiger partial charge in [-0.3, -0.25) is 0 Å². The quantitative estimate of drug-likeness (QED) is 0.216. The zero-order valence-corrected chi connectivity index (χ0v) is 20.9. The number of rotatable bonds is 2. The van der Waals surface area contributed by atoms with Gasteiger partial charge in [0.2, 0.25) is 0 Å². The van der Waals surface area contributed by atoms with Crippen LogP contribution in [-0.2, 0) is 0 Å². The molecule has 8 aromatic rings. The molecule has 0 heterocycles. The molecular formula is C38H24. The van der Waals surface area contributed by atoms with Crippen LogP contribution in [-0.4, -0.2) is 0 Å². The summed E-state index contributed by atoms with van der Waals surface area (Å²) in [7, 11) is 0. The third-order valence-corrected chi connectivity index (χ3v) is 8.04. The lowest BCUT2D eigenvalue weighted by atomic mass is 9.86. The number of fused-ring (bicyclic) bond motifs is 7. The van der Waals surface area contributed by atoms with Gasteiger partial charge in [0.25, 0.3) is 0 Å². The maximum Gasteiger partial charge on any atom is -0.00923 e. The van der Waals surface area contributed by atoms with E-state index < -0.39 is 0 Å². The highest BCUT2D eigenvalue weighted by molar-refractivity contribution is 6.25. The van der Waals surface area contributed by atoms with Crippen LogP contribution in [0.2, 0.25) is 0 Å². The van der Waals surface area contributed by atoms with Crippen molar-refractivity contribution in [1.82, 2.24) is 0 Å². The molecule has 0 nitrogen and oxygen atoms in total. The molecule has 0 radical (unpaired) electrons. The van der Waals surface area contributed by atoms with Gasteiger partial charge in [0, 0.05) is 0 Å². The molecule has 0 aliphatic carbocycles. The van der Waals surface area contributed by atoms with Gasteiger partial charge in [-0.25, -0.2) is 0 Å². The largest absolute Gasteiger partial charge is 0.0616 e. The summed E-state index contributed by atoms with van der Waals surface area (Å²) in [6.07, 6.45) is 0. The SMILES string of the molecule is c1ccc2c(-c3cc4c5ccccc5c(-c5cccc6ccccc56)cc4c4ccccc34)cccc2c1. The fourth-order valence-corrected chi connectivity index (χ4v) is 6.32. The molecule has 0 unspecified atom stereocenters. The van der Waals surface area contributed by atoms with Crippen LogP contribution in [0.4, 0.5) is 0 Å². The Kier molecular flexibility index (Phi) is 4.62. The highest BCUT2D eigenvalue weighted by Crippen LogP contribution is 2.43. The van der Waals surface area contributed by atoms with Crippen LogP contribution in [0.3, 0.4) is 0 Å². The van der Waals surface area contributed by atoms with E-state index in [9.17, 15) is 0 Å². The average Bonchev–Trinajstić information content (AvgIpc) is 3.00. The molecule has 0 bridgehead atoms. The zero-order chi connectivity index (χ0) is 25.1.